The lowest BCUT2D eigenvalue weighted by molar-refractivity contribution is 0.369. The van der Waals surface area contributed by atoms with Gasteiger partial charge in [0.05, 0.1) is 6.54 Å². The highest BCUT2D eigenvalue weighted by Crippen LogP contribution is 2.30. The van der Waals surface area contributed by atoms with Crippen LogP contribution < -0.4 is 10.6 Å². The first-order valence-electron chi connectivity index (χ1n) is 8.42. The maximum atomic E-state index is 5.11. The summed E-state index contributed by atoms with van der Waals surface area (Å²) in [5.74, 6) is 1.92. The summed E-state index contributed by atoms with van der Waals surface area (Å²) in [5, 5.41) is 10.4. The van der Waals surface area contributed by atoms with Crippen molar-refractivity contribution in [3.8, 4) is 0 Å². The second-order valence-electron chi connectivity index (χ2n) is 5.87. The van der Waals surface area contributed by atoms with Crippen molar-refractivity contribution in [1.82, 2.24) is 20.8 Å². The molecule has 0 aliphatic heterocycles. The number of benzene rings is 1. The molecular formula is C18H28IN5O. The largest absolute Gasteiger partial charge is 0.356 e. The molecule has 0 bridgehead atoms. The van der Waals surface area contributed by atoms with E-state index in [1.807, 2.05) is 0 Å². The van der Waals surface area contributed by atoms with Crippen LogP contribution in [0.2, 0.25) is 0 Å². The fourth-order valence-electron chi connectivity index (χ4n) is 2.85. The van der Waals surface area contributed by atoms with E-state index in [9.17, 15) is 0 Å². The van der Waals surface area contributed by atoms with E-state index in [1.54, 1.807) is 14.0 Å². The van der Waals surface area contributed by atoms with E-state index in [0.717, 1.165) is 25.3 Å². The number of rotatable bonds is 7. The van der Waals surface area contributed by atoms with Gasteiger partial charge in [0.25, 0.3) is 0 Å². The molecule has 2 N–H and O–H groups in total. The summed E-state index contributed by atoms with van der Waals surface area (Å²) in [6, 6.07) is 10.7. The summed E-state index contributed by atoms with van der Waals surface area (Å²) in [5.41, 5.74) is 1.44. The molecule has 1 heterocycles. The minimum Gasteiger partial charge on any atom is -0.356 e. The third kappa shape index (κ3) is 5.69. The van der Waals surface area contributed by atoms with Gasteiger partial charge in [-0.2, -0.15) is 4.98 Å². The van der Waals surface area contributed by atoms with Crippen LogP contribution in [0.15, 0.2) is 39.8 Å². The monoisotopic (exact) mass is 457 g/mol. The molecule has 2 rings (SSSR count). The average molecular weight is 457 g/mol. The number of hydrogen-bond acceptors (Lipinski definition) is 4. The second-order valence-corrected chi connectivity index (χ2v) is 5.87. The summed E-state index contributed by atoms with van der Waals surface area (Å²) in [6.45, 7) is 7.53. The molecule has 2 aromatic rings. The third-order valence-electron chi connectivity index (χ3n) is 4.53. The lowest BCUT2D eigenvalue weighted by Crippen LogP contribution is -2.45. The van der Waals surface area contributed by atoms with E-state index in [4.69, 9.17) is 4.52 Å². The minimum atomic E-state index is 0. The van der Waals surface area contributed by atoms with Crippen LogP contribution in [0.5, 0.6) is 0 Å². The Morgan fingerprint density at radius 3 is 2.36 bits per heavy atom. The molecule has 0 fully saturated rings. The summed E-state index contributed by atoms with van der Waals surface area (Å²) in [7, 11) is 1.76. The van der Waals surface area contributed by atoms with Crippen molar-refractivity contribution >= 4 is 29.9 Å². The van der Waals surface area contributed by atoms with Gasteiger partial charge in [0.15, 0.2) is 11.8 Å². The SMILES string of the molecule is CCC(CC)(CNC(=NC)NCc1nc(C)no1)c1ccccc1.I. The number of aryl methyl sites for hydroxylation is 1. The Balaban J connectivity index is 0.00000312. The van der Waals surface area contributed by atoms with Crippen LogP contribution in [0.25, 0.3) is 0 Å². The highest BCUT2D eigenvalue weighted by Gasteiger charge is 2.28. The fourth-order valence-corrected chi connectivity index (χ4v) is 2.85. The summed E-state index contributed by atoms with van der Waals surface area (Å²) >= 11 is 0. The van der Waals surface area contributed by atoms with Gasteiger partial charge < -0.3 is 15.2 Å². The Morgan fingerprint density at radius 2 is 1.84 bits per heavy atom. The Hall–Kier alpha value is -1.64. The molecule has 1 aromatic carbocycles. The molecule has 0 saturated carbocycles. The van der Waals surface area contributed by atoms with Crippen LogP contribution in [0, 0.1) is 6.92 Å². The number of aliphatic imine (C=N–C) groups is 1. The van der Waals surface area contributed by atoms with Gasteiger partial charge in [-0.05, 0) is 25.3 Å². The zero-order valence-corrected chi connectivity index (χ0v) is 17.7. The number of guanidine groups is 1. The summed E-state index contributed by atoms with van der Waals surface area (Å²) in [4.78, 5) is 8.46. The Labute approximate surface area is 166 Å². The number of nitrogens with zero attached hydrogens (tertiary/aromatic N) is 3. The number of aromatic nitrogens is 2. The van der Waals surface area contributed by atoms with Gasteiger partial charge in [-0.3, -0.25) is 4.99 Å². The van der Waals surface area contributed by atoms with Crippen LogP contribution in [0.4, 0.5) is 0 Å². The van der Waals surface area contributed by atoms with E-state index in [-0.39, 0.29) is 29.4 Å². The van der Waals surface area contributed by atoms with Crippen molar-refractivity contribution < 1.29 is 4.52 Å². The van der Waals surface area contributed by atoms with Gasteiger partial charge >= 0.3 is 0 Å². The molecule has 6 nitrogen and oxygen atoms in total. The topological polar surface area (TPSA) is 75.3 Å². The quantitative estimate of drug-likeness (QED) is 0.379. The second kappa shape index (κ2) is 10.4. The smallest absolute Gasteiger partial charge is 0.246 e. The van der Waals surface area contributed by atoms with E-state index in [1.165, 1.54) is 5.56 Å². The molecule has 0 unspecified atom stereocenters. The fraction of sp³-hybridized carbons (Fsp3) is 0.500. The number of nitrogens with one attached hydrogen (secondary N) is 2. The molecule has 0 amide bonds. The van der Waals surface area contributed by atoms with Gasteiger partial charge in [0.1, 0.15) is 0 Å². The molecule has 0 radical (unpaired) electrons. The third-order valence-corrected chi connectivity index (χ3v) is 4.53. The van der Waals surface area contributed by atoms with E-state index < -0.39 is 0 Å². The molecule has 0 spiro atoms. The highest BCUT2D eigenvalue weighted by atomic mass is 127. The van der Waals surface area contributed by atoms with Crippen LogP contribution in [-0.4, -0.2) is 29.7 Å². The van der Waals surface area contributed by atoms with Gasteiger partial charge in [0, 0.05) is 19.0 Å². The zero-order chi connectivity index (χ0) is 17.4. The van der Waals surface area contributed by atoms with Crippen LogP contribution in [0.3, 0.4) is 0 Å². The zero-order valence-electron chi connectivity index (χ0n) is 15.4. The van der Waals surface area contributed by atoms with Crippen LogP contribution in [-0.2, 0) is 12.0 Å². The van der Waals surface area contributed by atoms with Gasteiger partial charge in [-0.25, -0.2) is 0 Å². The predicted octanol–water partition coefficient (Wildman–Crippen LogP) is 3.42. The molecule has 0 atom stereocenters. The van der Waals surface area contributed by atoms with Crippen molar-refractivity contribution in [2.24, 2.45) is 4.99 Å². The number of halogens is 1. The summed E-state index contributed by atoms with van der Waals surface area (Å²) < 4.78 is 5.11. The molecule has 0 aliphatic rings. The first-order valence-corrected chi connectivity index (χ1v) is 8.42. The van der Waals surface area contributed by atoms with Crippen molar-refractivity contribution in [1.29, 1.82) is 0 Å². The lowest BCUT2D eigenvalue weighted by atomic mass is 9.76. The van der Waals surface area contributed by atoms with Crippen molar-refractivity contribution in [3.05, 3.63) is 47.6 Å². The Bertz CT molecular complexity index is 652. The normalized spacial score (nSPS) is 11.8. The van der Waals surface area contributed by atoms with E-state index >= 15 is 0 Å². The highest BCUT2D eigenvalue weighted by molar-refractivity contribution is 14.0. The van der Waals surface area contributed by atoms with Gasteiger partial charge in [0.2, 0.25) is 5.89 Å². The predicted molar refractivity (Wildman–Crippen MR) is 111 cm³/mol. The maximum absolute atomic E-state index is 5.11. The number of hydrogen-bond donors (Lipinski definition) is 2. The average Bonchev–Trinajstić information content (AvgIpc) is 3.05. The molecule has 7 heteroatoms. The first-order chi connectivity index (χ1) is 11.6. The van der Waals surface area contributed by atoms with Crippen molar-refractivity contribution in [3.63, 3.8) is 0 Å². The van der Waals surface area contributed by atoms with Crippen LogP contribution >= 0.6 is 24.0 Å². The molecule has 0 aliphatic carbocycles. The van der Waals surface area contributed by atoms with Crippen molar-refractivity contribution in [2.45, 2.75) is 45.6 Å². The molecule has 0 saturated heterocycles. The van der Waals surface area contributed by atoms with E-state index in [2.05, 4.69) is 69.9 Å². The van der Waals surface area contributed by atoms with Gasteiger partial charge in [-0.1, -0.05) is 49.3 Å². The van der Waals surface area contributed by atoms with E-state index in [0.29, 0.717) is 18.3 Å². The molecular weight excluding hydrogens is 429 g/mol. The lowest BCUT2D eigenvalue weighted by Gasteiger charge is -2.33. The molecule has 138 valence electrons. The maximum Gasteiger partial charge on any atom is 0.246 e. The summed E-state index contributed by atoms with van der Waals surface area (Å²) in [6.07, 6.45) is 2.11. The Morgan fingerprint density at radius 1 is 1.16 bits per heavy atom. The first kappa shape index (κ1) is 21.4. The Kier molecular flexibility index (Phi) is 8.88. The molecule has 1 aromatic heterocycles. The van der Waals surface area contributed by atoms with Crippen LogP contribution in [0.1, 0.15) is 44.0 Å². The van der Waals surface area contributed by atoms with Gasteiger partial charge in [-0.15, -0.1) is 24.0 Å². The molecule has 25 heavy (non-hydrogen) atoms. The standard InChI is InChI=1S/C18H27N5O.HI/c1-5-18(6-2,15-10-8-7-9-11-15)13-21-17(19-4)20-12-16-22-14(3)23-24-16;/h7-11H,5-6,12-13H2,1-4H3,(H2,19,20,21);1H. The van der Waals surface area contributed by atoms with Crippen molar-refractivity contribution in [2.75, 3.05) is 13.6 Å². The minimum absolute atomic E-state index is 0.